The number of aryl methyl sites for hydroxylation is 1. The molecule has 2 atom stereocenters. The van der Waals surface area contributed by atoms with Crippen LogP contribution in [0.25, 0.3) is 33.8 Å². The van der Waals surface area contributed by atoms with Crippen LogP contribution < -0.4 is 10.7 Å². The second-order valence-electron chi connectivity index (χ2n) is 11.7. The maximum Gasteiger partial charge on any atom is 0.439 e. The Morgan fingerprint density at radius 2 is 1.95 bits per heavy atom. The van der Waals surface area contributed by atoms with E-state index in [0.29, 0.717) is 35.0 Å². The van der Waals surface area contributed by atoms with E-state index in [0.717, 1.165) is 66.4 Å². The summed E-state index contributed by atoms with van der Waals surface area (Å²) in [6.45, 7) is 6.71. The predicted octanol–water partition coefficient (Wildman–Crippen LogP) is 5.38. The van der Waals surface area contributed by atoms with Gasteiger partial charge in [-0.2, -0.15) is 0 Å². The number of H-pyrrole nitrogens is 1. The van der Waals surface area contributed by atoms with E-state index in [1.165, 1.54) is 25.7 Å². The lowest BCUT2D eigenvalue weighted by Gasteiger charge is -2.39. The van der Waals surface area contributed by atoms with Gasteiger partial charge in [-0.25, -0.2) is 14.8 Å². The van der Waals surface area contributed by atoms with Crippen LogP contribution in [-0.4, -0.2) is 55.0 Å². The third-order valence-corrected chi connectivity index (χ3v) is 9.27. The van der Waals surface area contributed by atoms with Crippen molar-refractivity contribution in [1.29, 1.82) is 0 Å². The number of nitrogens with one attached hydrogen (secondary N) is 1. The largest absolute Gasteiger partial charge is 0.439 e. The number of nitrogens with zero attached hydrogens (tertiary/aromatic N) is 6. The Labute approximate surface area is 237 Å². The molecule has 7 rings (SSSR count). The van der Waals surface area contributed by atoms with Crippen molar-refractivity contribution in [3.63, 3.8) is 0 Å². The molecule has 0 radical (unpaired) electrons. The molecule has 11 heteroatoms. The number of pyridine rings is 2. The molecule has 1 N–H and O–H groups in total. The quantitative estimate of drug-likeness (QED) is 0.344. The highest BCUT2D eigenvalue weighted by molar-refractivity contribution is 6.30. The normalized spacial score (nSPS) is 25.0. The lowest BCUT2D eigenvalue weighted by molar-refractivity contribution is 0.0247. The molecule has 1 aliphatic heterocycles. The van der Waals surface area contributed by atoms with Gasteiger partial charge in [0.05, 0.1) is 40.5 Å². The number of hydrogen-bond donors (Lipinski definition) is 1. The van der Waals surface area contributed by atoms with E-state index in [-0.39, 0.29) is 11.9 Å². The highest BCUT2D eigenvalue weighted by Gasteiger charge is 2.39. The molecule has 4 aromatic heterocycles. The van der Waals surface area contributed by atoms with Gasteiger partial charge in [0.2, 0.25) is 11.8 Å². The Hall–Kier alpha value is -3.24. The summed E-state index contributed by atoms with van der Waals surface area (Å²) in [5.74, 6) is 1.96. The first-order valence-electron chi connectivity index (χ1n) is 14.4. The fourth-order valence-electron chi connectivity index (χ4n) is 6.94. The molecule has 2 saturated carbocycles. The number of aromatic amines is 1. The summed E-state index contributed by atoms with van der Waals surface area (Å²) in [4.78, 5) is 31.9. The molecule has 0 bridgehead atoms. The molecule has 0 amide bonds. The monoisotopic (exact) mass is 563 g/mol. The van der Waals surface area contributed by atoms with Crippen LogP contribution in [0.2, 0.25) is 5.02 Å². The Balaban J connectivity index is 1.48. The molecule has 210 valence electrons. The topological polar surface area (TPSA) is 115 Å². The van der Waals surface area contributed by atoms with Gasteiger partial charge in [-0.15, -0.1) is 0 Å². The van der Waals surface area contributed by atoms with Gasteiger partial charge in [0.15, 0.2) is 0 Å². The van der Waals surface area contributed by atoms with Crippen LogP contribution in [0.1, 0.15) is 57.4 Å². The fraction of sp³-hybridized carbons (Fsp3) is 0.552. The molecule has 3 fully saturated rings. The van der Waals surface area contributed by atoms with Crippen LogP contribution >= 0.6 is 11.6 Å². The van der Waals surface area contributed by atoms with Crippen molar-refractivity contribution in [2.75, 3.05) is 18.1 Å². The molecule has 1 saturated heterocycles. The molecule has 0 spiro atoms. The van der Waals surface area contributed by atoms with E-state index in [1.807, 2.05) is 13.0 Å². The Morgan fingerprint density at radius 3 is 2.73 bits per heavy atom. The van der Waals surface area contributed by atoms with Crippen molar-refractivity contribution in [2.24, 2.45) is 11.8 Å². The van der Waals surface area contributed by atoms with Gasteiger partial charge in [0, 0.05) is 36.6 Å². The lowest BCUT2D eigenvalue weighted by atomic mass is 9.83. The highest BCUT2D eigenvalue weighted by Crippen LogP contribution is 2.41. The first-order chi connectivity index (χ1) is 19.5. The molecule has 4 aromatic rings. The first-order valence-corrected chi connectivity index (χ1v) is 14.8. The number of rotatable bonds is 5. The number of fused-ring (bicyclic) bond motifs is 2. The Bertz CT molecular complexity index is 1600. The number of hydrogen-bond acceptors (Lipinski definition) is 8. The van der Waals surface area contributed by atoms with Crippen LogP contribution in [0.3, 0.4) is 0 Å². The summed E-state index contributed by atoms with van der Waals surface area (Å²) in [5.41, 5.74) is 4.67. The number of anilines is 1. The summed E-state index contributed by atoms with van der Waals surface area (Å²) in [6.07, 6.45) is 11.9. The number of aromatic nitrogens is 6. The van der Waals surface area contributed by atoms with Crippen molar-refractivity contribution in [1.82, 2.24) is 29.7 Å². The molecule has 40 heavy (non-hydrogen) atoms. The third-order valence-electron chi connectivity index (χ3n) is 9.06. The minimum atomic E-state index is -0.624. The van der Waals surface area contributed by atoms with Crippen molar-refractivity contribution < 1.29 is 9.26 Å². The molecule has 3 aliphatic rings. The number of halogens is 1. The molecule has 0 unspecified atom stereocenters. The van der Waals surface area contributed by atoms with Crippen LogP contribution in [-0.2, 0) is 11.3 Å². The van der Waals surface area contributed by atoms with E-state index in [4.69, 9.17) is 30.8 Å². The average molecular weight is 564 g/mol. The summed E-state index contributed by atoms with van der Waals surface area (Å²) >= 11 is 6.42. The summed E-state index contributed by atoms with van der Waals surface area (Å²) < 4.78 is 13.4. The van der Waals surface area contributed by atoms with E-state index < -0.39 is 5.76 Å². The van der Waals surface area contributed by atoms with Gasteiger partial charge < -0.3 is 14.2 Å². The van der Waals surface area contributed by atoms with Gasteiger partial charge >= 0.3 is 5.76 Å². The van der Waals surface area contributed by atoms with Crippen molar-refractivity contribution in [3.8, 4) is 22.8 Å². The Morgan fingerprint density at radius 1 is 1.10 bits per heavy atom. The van der Waals surface area contributed by atoms with Gasteiger partial charge in [-0.3, -0.25) is 14.5 Å². The number of imidazole rings is 1. The molecule has 2 aliphatic carbocycles. The van der Waals surface area contributed by atoms with E-state index in [9.17, 15) is 4.79 Å². The maximum atomic E-state index is 11.9. The molecular weight excluding hydrogens is 530 g/mol. The van der Waals surface area contributed by atoms with Gasteiger partial charge in [-0.05, 0) is 56.9 Å². The smallest absolute Gasteiger partial charge is 0.374 e. The van der Waals surface area contributed by atoms with Gasteiger partial charge in [0.1, 0.15) is 5.69 Å². The number of morpholine rings is 1. The standard InChI is InChI=1S/C29H34ClN7O3/c1-16-6-8-18(9-7-16)15-37-26-23(33-28(37)36-10-11-39-22-5-3-4-21(22)36)17(2)24(27-34-29(38)40-35-27)32-25(26)19-12-20(30)14-31-13-19/h12-14,16,18,21-22H,3-11,15H2,1-2H3,(H,34,35,38)/t16?,18?,21-,22-/m1/s1. The number of ether oxygens (including phenoxy) is 1. The summed E-state index contributed by atoms with van der Waals surface area (Å²) in [7, 11) is 0. The lowest BCUT2D eigenvalue weighted by Crippen LogP contribution is -2.49. The van der Waals surface area contributed by atoms with Crippen molar-refractivity contribution in [3.05, 3.63) is 39.6 Å². The van der Waals surface area contributed by atoms with Crippen molar-refractivity contribution >= 4 is 28.6 Å². The van der Waals surface area contributed by atoms with Crippen LogP contribution in [0.4, 0.5) is 5.95 Å². The summed E-state index contributed by atoms with van der Waals surface area (Å²) in [6, 6.07) is 2.19. The minimum Gasteiger partial charge on any atom is -0.374 e. The zero-order chi connectivity index (χ0) is 27.4. The predicted molar refractivity (Wildman–Crippen MR) is 152 cm³/mol. The van der Waals surface area contributed by atoms with Crippen LogP contribution in [0.15, 0.2) is 27.8 Å². The van der Waals surface area contributed by atoms with Gasteiger partial charge in [-0.1, -0.05) is 36.5 Å². The maximum absolute atomic E-state index is 11.9. The second kappa shape index (κ2) is 10.3. The average Bonchev–Trinajstić information content (AvgIpc) is 3.69. The molecule has 0 aromatic carbocycles. The zero-order valence-corrected chi connectivity index (χ0v) is 23.7. The van der Waals surface area contributed by atoms with Gasteiger partial charge in [0.25, 0.3) is 0 Å². The Kier molecular flexibility index (Phi) is 6.62. The van der Waals surface area contributed by atoms with E-state index >= 15 is 0 Å². The molecular formula is C29H34ClN7O3. The second-order valence-corrected chi connectivity index (χ2v) is 12.2. The molecule has 5 heterocycles. The fourth-order valence-corrected chi connectivity index (χ4v) is 7.12. The van der Waals surface area contributed by atoms with Crippen molar-refractivity contribution in [2.45, 2.75) is 77.5 Å². The molecule has 10 nitrogen and oxygen atoms in total. The minimum absolute atomic E-state index is 0.240. The van der Waals surface area contributed by atoms with E-state index in [1.54, 1.807) is 12.4 Å². The van der Waals surface area contributed by atoms with Crippen LogP contribution in [0.5, 0.6) is 0 Å². The van der Waals surface area contributed by atoms with Crippen LogP contribution in [0, 0.1) is 18.8 Å². The first kappa shape index (κ1) is 25.7. The summed E-state index contributed by atoms with van der Waals surface area (Å²) in [5, 5.41) is 4.49. The third kappa shape index (κ3) is 4.51. The SMILES string of the molecule is Cc1c(-c2noc(=O)[nH]2)nc(-c2cncc(Cl)c2)c2c1nc(N1CCO[C@@H]3CCC[C@H]31)n2CC1CCC(C)CC1. The highest BCUT2D eigenvalue weighted by atomic mass is 35.5. The zero-order valence-electron chi connectivity index (χ0n) is 22.9. The van der Waals surface area contributed by atoms with E-state index in [2.05, 4.69) is 31.5 Å².